The fourth-order valence-corrected chi connectivity index (χ4v) is 2.59. The second kappa shape index (κ2) is 5.36. The van der Waals surface area contributed by atoms with Crippen molar-refractivity contribution in [2.24, 2.45) is 5.92 Å². The molecule has 94 valence electrons. The third-order valence-corrected chi connectivity index (χ3v) is 4.12. The molecule has 1 aromatic rings. The van der Waals surface area contributed by atoms with E-state index < -0.39 is 0 Å². The lowest BCUT2D eigenvalue weighted by molar-refractivity contribution is 0.155. The summed E-state index contributed by atoms with van der Waals surface area (Å²) in [6.45, 7) is 2.45. The van der Waals surface area contributed by atoms with Crippen LogP contribution in [0.15, 0.2) is 22.8 Å². The van der Waals surface area contributed by atoms with Crippen molar-refractivity contribution >= 4 is 21.7 Å². The van der Waals surface area contributed by atoms with Crippen molar-refractivity contribution in [1.82, 2.24) is 4.98 Å². The summed E-state index contributed by atoms with van der Waals surface area (Å²) in [5.74, 6) is 1.62. The molecule has 0 amide bonds. The van der Waals surface area contributed by atoms with Crippen LogP contribution in [0.2, 0.25) is 0 Å². The average molecular weight is 299 g/mol. The standard InChI is InChI=1S/C13H19BrN2O/c1-10-4-6-13(9-17,7-5-10)16-12-3-2-11(14)8-15-12/h2-3,8,10,17H,4-7,9H2,1H3,(H,15,16). The molecule has 0 radical (unpaired) electrons. The van der Waals surface area contributed by atoms with Gasteiger partial charge in [-0.2, -0.15) is 0 Å². The molecular weight excluding hydrogens is 280 g/mol. The quantitative estimate of drug-likeness (QED) is 0.901. The molecule has 1 fully saturated rings. The molecule has 0 aliphatic heterocycles. The summed E-state index contributed by atoms with van der Waals surface area (Å²) in [6, 6.07) is 3.91. The predicted molar refractivity (Wildman–Crippen MR) is 73.0 cm³/mol. The summed E-state index contributed by atoms with van der Waals surface area (Å²) in [6.07, 6.45) is 6.15. The van der Waals surface area contributed by atoms with Gasteiger partial charge < -0.3 is 10.4 Å². The molecule has 17 heavy (non-hydrogen) atoms. The Labute approximate surface area is 111 Å². The Morgan fingerprint density at radius 1 is 1.47 bits per heavy atom. The number of hydrogen-bond donors (Lipinski definition) is 2. The first kappa shape index (κ1) is 12.8. The lowest BCUT2D eigenvalue weighted by atomic mass is 9.77. The van der Waals surface area contributed by atoms with Gasteiger partial charge in [-0.05, 0) is 59.7 Å². The largest absolute Gasteiger partial charge is 0.394 e. The van der Waals surface area contributed by atoms with E-state index in [1.165, 1.54) is 12.8 Å². The van der Waals surface area contributed by atoms with Crippen LogP contribution in [0.1, 0.15) is 32.6 Å². The third kappa shape index (κ3) is 3.19. The molecule has 3 nitrogen and oxygen atoms in total. The number of aliphatic hydroxyl groups excluding tert-OH is 1. The summed E-state index contributed by atoms with van der Waals surface area (Å²) in [5.41, 5.74) is -0.173. The molecular formula is C13H19BrN2O. The Morgan fingerprint density at radius 3 is 2.71 bits per heavy atom. The van der Waals surface area contributed by atoms with Gasteiger partial charge in [-0.3, -0.25) is 0 Å². The number of halogens is 1. The predicted octanol–water partition coefficient (Wildman–Crippen LogP) is 3.20. The number of nitrogens with zero attached hydrogens (tertiary/aromatic N) is 1. The maximum atomic E-state index is 9.64. The first-order chi connectivity index (χ1) is 8.13. The lowest BCUT2D eigenvalue weighted by Crippen LogP contribution is -2.45. The van der Waals surface area contributed by atoms with Crippen LogP contribution < -0.4 is 5.32 Å². The fraction of sp³-hybridized carbons (Fsp3) is 0.615. The zero-order valence-electron chi connectivity index (χ0n) is 10.1. The molecule has 2 rings (SSSR count). The van der Waals surface area contributed by atoms with Crippen molar-refractivity contribution < 1.29 is 5.11 Å². The zero-order valence-corrected chi connectivity index (χ0v) is 11.7. The van der Waals surface area contributed by atoms with E-state index in [4.69, 9.17) is 0 Å². The highest BCUT2D eigenvalue weighted by Gasteiger charge is 2.33. The number of aliphatic hydroxyl groups is 1. The maximum Gasteiger partial charge on any atom is 0.126 e. The van der Waals surface area contributed by atoms with Crippen LogP contribution in [0.25, 0.3) is 0 Å². The van der Waals surface area contributed by atoms with E-state index in [2.05, 4.69) is 33.2 Å². The molecule has 1 aliphatic rings. The van der Waals surface area contributed by atoms with Gasteiger partial charge in [-0.25, -0.2) is 4.98 Å². The highest BCUT2D eigenvalue weighted by molar-refractivity contribution is 9.10. The minimum atomic E-state index is -0.173. The van der Waals surface area contributed by atoms with Gasteiger partial charge in [0, 0.05) is 10.7 Å². The van der Waals surface area contributed by atoms with Crippen LogP contribution in [0.3, 0.4) is 0 Å². The van der Waals surface area contributed by atoms with Crippen molar-refractivity contribution in [2.45, 2.75) is 38.1 Å². The Hall–Kier alpha value is -0.610. The van der Waals surface area contributed by atoms with Gasteiger partial charge in [0.25, 0.3) is 0 Å². The molecule has 2 N–H and O–H groups in total. The summed E-state index contributed by atoms with van der Waals surface area (Å²) >= 11 is 3.37. The highest BCUT2D eigenvalue weighted by atomic mass is 79.9. The minimum absolute atomic E-state index is 0.173. The molecule has 0 bridgehead atoms. The Morgan fingerprint density at radius 2 is 2.18 bits per heavy atom. The van der Waals surface area contributed by atoms with Gasteiger partial charge in [0.15, 0.2) is 0 Å². The zero-order chi connectivity index (χ0) is 12.3. The molecule has 4 heteroatoms. The van der Waals surface area contributed by atoms with Gasteiger partial charge in [-0.15, -0.1) is 0 Å². The van der Waals surface area contributed by atoms with Crippen molar-refractivity contribution in [1.29, 1.82) is 0 Å². The number of aromatic nitrogens is 1. The van der Waals surface area contributed by atoms with E-state index >= 15 is 0 Å². The Balaban J connectivity index is 2.06. The topological polar surface area (TPSA) is 45.1 Å². The normalized spacial score (nSPS) is 29.0. The minimum Gasteiger partial charge on any atom is -0.394 e. The van der Waals surface area contributed by atoms with Gasteiger partial charge in [-0.1, -0.05) is 6.92 Å². The second-order valence-corrected chi connectivity index (χ2v) is 6.02. The van der Waals surface area contributed by atoms with E-state index in [-0.39, 0.29) is 12.1 Å². The maximum absolute atomic E-state index is 9.64. The van der Waals surface area contributed by atoms with E-state index in [1.807, 2.05) is 12.1 Å². The summed E-state index contributed by atoms with van der Waals surface area (Å²) in [7, 11) is 0. The SMILES string of the molecule is CC1CCC(CO)(Nc2ccc(Br)cn2)CC1. The van der Waals surface area contributed by atoms with Crippen molar-refractivity contribution in [3.05, 3.63) is 22.8 Å². The van der Waals surface area contributed by atoms with E-state index in [1.54, 1.807) is 6.20 Å². The number of hydrogen-bond acceptors (Lipinski definition) is 3. The molecule has 1 aliphatic carbocycles. The molecule has 0 saturated heterocycles. The Kier molecular flexibility index (Phi) is 4.05. The first-order valence-corrected chi connectivity index (χ1v) is 6.93. The smallest absolute Gasteiger partial charge is 0.126 e. The summed E-state index contributed by atoms with van der Waals surface area (Å²) < 4.78 is 0.971. The van der Waals surface area contributed by atoms with Crippen LogP contribution in [-0.2, 0) is 0 Å². The van der Waals surface area contributed by atoms with Gasteiger partial charge in [0.05, 0.1) is 12.1 Å². The Bertz CT molecular complexity index is 358. The monoisotopic (exact) mass is 298 g/mol. The third-order valence-electron chi connectivity index (χ3n) is 3.65. The van der Waals surface area contributed by atoms with E-state index in [0.717, 1.165) is 29.1 Å². The van der Waals surface area contributed by atoms with Gasteiger partial charge in [0.1, 0.15) is 5.82 Å². The lowest BCUT2D eigenvalue weighted by Gasteiger charge is -2.39. The van der Waals surface area contributed by atoms with Crippen LogP contribution in [-0.4, -0.2) is 22.2 Å². The summed E-state index contributed by atoms with van der Waals surface area (Å²) in [5, 5.41) is 13.1. The van der Waals surface area contributed by atoms with Crippen molar-refractivity contribution in [2.75, 3.05) is 11.9 Å². The number of nitrogens with one attached hydrogen (secondary N) is 1. The van der Waals surface area contributed by atoms with E-state index in [0.29, 0.717) is 0 Å². The second-order valence-electron chi connectivity index (χ2n) is 5.11. The number of rotatable bonds is 3. The van der Waals surface area contributed by atoms with Crippen LogP contribution in [0.5, 0.6) is 0 Å². The highest BCUT2D eigenvalue weighted by Crippen LogP contribution is 2.34. The summed E-state index contributed by atoms with van der Waals surface area (Å²) in [4.78, 5) is 4.32. The average Bonchev–Trinajstić information content (AvgIpc) is 2.35. The van der Waals surface area contributed by atoms with Crippen molar-refractivity contribution in [3.63, 3.8) is 0 Å². The van der Waals surface area contributed by atoms with Crippen LogP contribution in [0.4, 0.5) is 5.82 Å². The van der Waals surface area contributed by atoms with Crippen LogP contribution >= 0.6 is 15.9 Å². The molecule has 0 spiro atoms. The fourth-order valence-electron chi connectivity index (χ4n) is 2.36. The van der Waals surface area contributed by atoms with E-state index in [9.17, 15) is 5.11 Å². The van der Waals surface area contributed by atoms with Crippen molar-refractivity contribution in [3.8, 4) is 0 Å². The molecule has 1 aromatic heterocycles. The molecule has 0 atom stereocenters. The molecule has 1 heterocycles. The van der Waals surface area contributed by atoms with Gasteiger partial charge in [0.2, 0.25) is 0 Å². The molecule has 1 saturated carbocycles. The number of pyridine rings is 1. The molecule has 0 aromatic carbocycles. The molecule has 0 unspecified atom stereocenters. The van der Waals surface area contributed by atoms with Crippen LogP contribution in [0, 0.1) is 5.92 Å². The first-order valence-electron chi connectivity index (χ1n) is 6.14. The van der Waals surface area contributed by atoms with Gasteiger partial charge >= 0.3 is 0 Å². The number of anilines is 1.